The molecule has 0 aliphatic heterocycles. The second-order valence-corrected chi connectivity index (χ2v) is 11.5. The quantitative estimate of drug-likeness (QED) is 0.217. The molecule has 0 fully saturated rings. The van der Waals surface area contributed by atoms with Crippen molar-refractivity contribution in [1.29, 1.82) is 0 Å². The number of aliphatic hydroxyl groups is 2. The Morgan fingerprint density at radius 3 is 1.48 bits per heavy atom. The number of rotatable bonds is 2. The Morgan fingerprint density at radius 1 is 0.357 bits per heavy atom. The number of hydrogen-bond donors (Lipinski definition) is 2. The first-order valence-corrected chi connectivity index (χ1v) is 14.4. The molecule has 2 aliphatic carbocycles. The monoisotopic (exact) mass is 538 g/mol. The molecule has 2 N–H and O–H groups in total. The fourth-order valence-electron chi connectivity index (χ4n) is 7.63. The summed E-state index contributed by atoms with van der Waals surface area (Å²) in [5.74, 6) is 0. The van der Waals surface area contributed by atoms with E-state index in [1.54, 1.807) is 0 Å². The minimum Gasteiger partial charge on any atom is -0.376 e. The summed E-state index contributed by atoms with van der Waals surface area (Å²) in [7, 11) is 0. The van der Waals surface area contributed by atoms with Crippen LogP contribution in [0.25, 0.3) is 43.8 Å². The van der Waals surface area contributed by atoms with Crippen LogP contribution in [-0.2, 0) is 11.2 Å². The third kappa shape index (κ3) is 2.85. The van der Waals surface area contributed by atoms with Crippen molar-refractivity contribution in [3.05, 3.63) is 179 Å². The smallest absolute Gasteiger partial charge is 0.141 e. The number of fused-ring (bicyclic) bond motifs is 7. The van der Waals surface area contributed by atoms with E-state index in [9.17, 15) is 10.2 Å². The highest BCUT2D eigenvalue weighted by molar-refractivity contribution is 6.23. The van der Waals surface area contributed by atoms with Crippen LogP contribution >= 0.6 is 0 Å². The molecule has 2 heteroatoms. The van der Waals surface area contributed by atoms with Crippen molar-refractivity contribution in [1.82, 2.24) is 0 Å². The molecular weight excluding hydrogens is 512 g/mol. The Morgan fingerprint density at radius 2 is 0.857 bits per heavy atom. The van der Waals surface area contributed by atoms with Gasteiger partial charge >= 0.3 is 0 Å². The molecule has 0 bridgehead atoms. The van der Waals surface area contributed by atoms with Gasteiger partial charge in [-0.3, -0.25) is 0 Å². The molecule has 2 nitrogen and oxygen atoms in total. The van der Waals surface area contributed by atoms with Gasteiger partial charge in [0.1, 0.15) is 11.2 Å². The zero-order chi connectivity index (χ0) is 28.1. The second-order valence-electron chi connectivity index (χ2n) is 11.5. The van der Waals surface area contributed by atoms with Gasteiger partial charge in [0.2, 0.25) is 0 Å². The summed E-state index contributed by atoms with van der Waals surface area (Å²) in [6, 6.07) is 49.1. The lowest BCUT2D eigenvalue weighted by atomic mass is 9.63. The molecular formula is C40H26O2. The Hall–Kier alpha value is -5.02. The van der Waals surface area contributed by atoms with Gasteiger partial charge in [0.25, 0.3) is 0 Å². The van der Waals surface area contributed by atoms with Crippen molar-refractivity contribution in [3.63, 3.8) is 0 Å². The molecule has 2 atom stereocenters. The van der Waals surface area contributed by atoms with Crippen LogP contribution in [0.3, 0.4) is 0 Å². The van der Waals surface area contributed by atoms with E-state index in [1.165, 1.54) is 21.5 Å². The zero-order valence-corrected chi connectivity index (χ0v) is 22.8. The first-order valence-electron chi connectivity index (χ1n) is 14.4. The van der Waals surface area contributed by atoms with Crippen molar-refractivity contribution in [3.8, 4) is 22.3 Å². The lowest BCUT2D eigenvalue weighted by Crippen LogP contribution is -2.44. The van der Waals surface area contributed by atoms with E-state index >= 15 is 0 Å². The van der Waals surface area contributed by atoms with Gasteiger partial charge in [-0.2, -0.15) is 0 Å². The average molecular weight is 539 g/mol. The van der Waals surface area contributed by atoms with Gasteiger partial charge in [-0.05, 0) is 84.3 Å². The summed E-state index contributed by atoms with van der Waals surface area (Å²) in [6.45, 7) is 0. The van der Waals surface area contributed by atoms with Crippen LogP contribution in [0.1, 0.15) is 33.4 Å². The van der Waals surface area contributed by atoms with Crippen molar-refractivity contribution >= 4 is 21.5 Å². The Labute approximate surface area is 243 Å². The highest BCUT2D eigenvalue weighted by Gasteiger charge is 2.51. The van der Waals surface area contributed by atoms with Gasteiger partial charge in [0, 0.05) is 11.1 Å². The Kier molecular flexibility index (Phi) is 4.66. The topological polar surface area (TPSA) is 40.5 Å². The molecule has 0 saturated carbocycles. The molecule has 0 saturated heterocycles. The first kappa shape index (κ1) is 23.7. The van der Waals surface area contributed by atoms with Crippen LogP contribution in [0.15, 0.2) is 146 Å². The Balaban J connectivity index is 1.45. The zero-order valence-electron chi connectivity index (χ0n) is 22.8. The van der Waals surface area contributed by atoms with Crippen molar-refractivity contribution < 1.29 is 10.2 Å². The molecule has 42 heavy (non-hydrogen) atoms. The predicted molar refractivity (Wildman–Crippen MR) is 169 cm³/mol. The number of benzene rings is 7. The third-order valence-corrected chi connectivity index (χ3v) is 9.49. The highest BCUT2D eigenvalue weighted by Crippen LogP contribution is 2.57. The lowest BCUT2D eigenvalue weighted by Gasteiger charge is -2.45. The average Bonchev–Trinajstić information content (AvgIpc) is 3.37. The maximum atomic E-state index is 13.0. The molecule has 198 valence electrons. The van der Waals surface area contributed by atoms with Crippen LogP contribution in [0.2, 0.25) is 0 Å². The fraction of sp³-hybridized carbons (Fsp3) is 0.0500. The minimum absolute atomic E-state index is 0.689. The van der Waals surface area contributed by atoms with Crippen LogP contribution in [0, 0.1) is 0 Å². The summed E-state index contributed by atoms with van der Waals surface area (Å²) in [4.78, 5) is 0. The van der Waals surface area contributed by atoms with E-state index in [0.29, 0.717) is 22.3 Å². The molecule has 9 rings (SSSR count). The van der Waals surface area contributed by atoms with E-state index in [1.807, 2.05) is 84.9 Å². The van der Waals surface area contributed by atoms with Crippen LogP contribution in [0.4, 0.5) is 0 Å². The van der Waals surface area contributed by atoms with Gasteiger partial charge < -0.3 is 10.2 Å². The van der Waals surface area contributed by atoms with E-state index < -0.39 is 11.2 Å². The molecule has 0 aromatic heterocycles. The van der Waals surface area contributed by atoms with Crippen LogP contribution < -0.4 is 0 Å². The van der Waals surface area contributed by atoms with Crippen LogP contribution in [0.5, 0.6) is 0 Å². The summed E-state index contributed by atoms with van der Waals surface area (Å²) >= 11 is 0. The lowest BCUT2D eigenvalue weighted by molar-refractivity contribution is 0.0749. The number of hydrogen-bond acceptors (Lipinski definition) is 2. The van der Waals surface area contributed by atoms with Crippen molar-refractivity contribution in [2.75, 3.05) is 0 Å². The predicted octanol–water partition coefficient (Wildman–Crippen LogP) is 8.52. The normalized spacial score (nSPS) is 19.9. The summed E-state index contributed by atoms with van der Waals surface area (Å²) < 4.78 is 0. The molecule has 0 heterocycles. The van der Waals surface area contributed by atoms with Gasteiger partial charge in [0.15, 0.2) is 0 Å². The SMILES string of the molecule is OC1(c2ccccc2)c2ccccc2C(O)(c2ccccc2)c2cc3c(cc21)-c1cccc2c1c-3cc1ccccc12. The minimum atomic E-state index is -1.46. The first-order chi connectivity index (χ1) is 20.6. The summed E-state index contributed by atoms with van der Waals surface area (Å²) in [6.07, 6.45) is 0. The van der Waals surface area contributed by atoms with Gasteiger partial charge in [-0.1, -0.05) is 127 Å². The molecule has 2 aliphatic rings. The Bertz CT molecular complexity index is 2220. The summed E-state index contributed by atoms with van der Waals surface area (Å²) in [5.41, 5.74) is 5.87. The van der Waals surface area contributed by atoms with E-state index in [2.05, 4.69) is 60.7 Å². The molecule has 0 spiro atoms. The largest absolute Gasteiger partial charge is 0.376 e. The molecule has 0 amide bonds. The third-order valence-electron chi connectivity index (χ3n) is 9.49. The van der Waals surface area contributed by atoms with E-state index in [4.69, 9.17) is 0 Å². The standard InChI is InChI=1S/C40H26O2/c41-39(26-13-3-1-4-14-26)34-20-9-10-21-35(34)40(42,27-15-5-2-6-16-27)37-24-32-31(23-36(37)39)30-19-11-18-29-28-17-8-7-12-25(28)22-33(32)38(29)30/h1-24,41-42H. The molecule has 2 unspecified atom stereocenters. The van der Waals surface area contributed by atoms with Crippen molar-refractivity contribution in [2.45, 2.75) is 11.2 Å². The van der Waals surface area contributed by atoms with E-state index in [-0.39, 0.29) is 0 Å². The van der Waals surface area contributed by atoms with Gasteiger partial charge in [-0.15, -0.1) is 0 Å². The molecule has 7 aromatic rings. The maximum absolute atomic E-state index is 13.0. The molecule has 7 aromatic carbocycles. The highest BCUT2D eigenvalue weighted by atomic mass is 16.3. The van der Waals surface area contributed by atoms with E-state index in [0.717, 1.165) is 33.4 Å². The summed E-state index contributed by atoms with van der Waals surface area (Å²) in [5, 5.41) is 30.9. The second kappa shape index (κ2) is 8.27. The molecule has 0 radical (unpaired) electrons. The van der Waals surface area contributed by atoms with Crippen molar-refractivity contribution in [2.24, 2.45) is 0 Å². The van der Waals surface area contributed by atoms with Gasteiger partial charge in [0.05, 0.1) is 0 Å². The maximum Gasteiger partial charge on any atom is 0.141 e. The fourth-order valence-corrected chi connectivity index (χ4v) is 7.63. The van der Waals surface area contributed by atoms with Crippen LogP contribution in [-0.4, -0.2) is 10.2 Å². The van der Waals surface area contributed by atoms with Gasteiger partial charge in [-0.25, -0.2) is 0 Å².